The molecule has 0 aliphatic rings. The average Bonchev–Trinajstić information content (AvgIpc) is 2.34. The molecule has 1 aromatic heterocycles. The van der Waals surface area contributed by atoms with Gasteiger partial charge in [0.25, 0.3) is 5.69 Å². The molecule has 6 nitrogen and oxygen atoms in total. The number of nitrogens with zero attached hydrogens (tertiary/aromatic N) is 2. The third-order valence-electron chi connectivity index (χ3n) is 2.38. The molecule has 0 saturated carbocycles. The highest BCUT2D eigenvalue weighted by Crippen LogP contribution is 2.28. The number of nitrogen functional groups attached to an aromatic ring is 1. The summed E-state index contributed by atoms with van der Waals surface area (Å²) in [5.41, 5.74) is 6.30. The van der Waals surface area contributed by atoms with Crippen LogP contribution in [0.4, 0.5) is 15.8 Å². The van der Waals surface area contributed by atoms with Gasteiger partial charge in [0.2, 0.25) is 5.88 Å². The van der Waals surface area contributed by atoms with Gasteiger partial charge in [-0.3, -0.25) is 10.1 Å². The van der Waals surface area contributed by atoms with Crippen LogP contribution in [0.25, 0.3) is 0 Å². The van der Waals surface area contributed by atoms with Crippen molar-refractivity contribution in [1.82, 2.24) is 4.98 Å². The van der Waals surface area contributed by atoms with Crippen LogP contribution in [0.2, 0.25) is 0 Å². The van der Waals surface area contributed by atoms with Crippen molar-refractivity contribution in [2.75, 3.05) is 5.73 Å². The van der Waals surface area contributed by atoms with E-state index in [4.69, 9.17) is 10.5 Å². The smallest absolute Gasteiger partial charge is 0.272 e. The maximum atomic E-state index is 13.6. The number of hydrogen-bond acceptors (Lipinski definition) is 5. The fourth-order valence-corrected chi connectivity index (χ4v) is 1.48. The molecule has 0 radical (unpaired) electrons. The second-order valence-corrected chi connectivity index (χ2v) is 3.86. The molecule has 1 aromatic carbocycles. The lowest BCUT2D eigenvalue weighted by molar-refractivity contribution is -0.385. The zero-order valence-corrected chi connectivity index (χ0v) is 9.96. The first kappa shape index (κ1) is 12.7. The third-order valence-corrected chi connectivity index (χ3v) is 2.38. The molecule has 0 saturated heterocycles. The molecule has 0 atom stereocenters. The Morgan fingerprint density at radius 3 is 2.74 bits per heavy atom. The van der Waals surface area contributed by atoms with Crippen molar-refractivity contribution in [3.8, 4) is 11.6 Å². The van der Waals surface area contributed by atoms with Gasteiger partial charge in [-0.2, -0.15) is 0 Å². The Hall–Kier alpha value is -2.70. The number of benzene rings is 1. The quantitative estimate of drug-likeness (QED) is 0.679. The highest BCUT2D eigenvalue weighted by Gasteiger charge is 2.13. The molecule has 0 fully saturated rings. The van der Waals surface area contributed by atoms with Crippen LogP contribution >= 0.6 is 0 Å². The first-order chi connectivity index (χ1) is 8.97. The number of nitrogens with two attached hydrogens (primary N) is 1. The number of nitro benzene ring substituents is 1. The van der Waals surface area contributed by atoms with E-state index in [0.717, 1.165) is 12.1 Å². The molecule has 2 aromatic rings. The summed E-state index contributed by atoms with van der Waals surface area (Å²) in [5, 5.41) is 10.5. The standard InChI is InChI=1S/C12H10FN3O3/c1-7-4-8(14)6-15-12(7)19-11-3-2-9(16(17)18)5-10(11)13/h2-6H,14H2,1H3. The summed E-state index contributed by atoms with van der Waals surface area (Å²) in [5.74, 6) is -0.764. The highest BCUT2D eigenvalue weighted by molar-refractivity contribution is 5.44. The number of aromatic nitrogens is 1. The second-order valence-electron chi connectivity index (χ2n) is 3.86. The monoisotopic (exact) mass is 263 g/mol. The van der Waals surface area contributed by atoms with Crippen molar-refractivity contribution in [3.63, 3.8) is 0 Å². The van der Waals surface area contributed by atoms with Gasteiger partial charge in [-0.25, -0.2) is 9.37 Å². The van der Waals surface area contributed by atoms with E-state index < -0.39 is 10.7 Å². The molecule has 2 N–H and O–H groups in total. The Labute approximate surface area is 107 Å². The van der Waals surface area contributed by atoms with E-state index in [1.165, 1.54) is 12.3 Å². The lowest BCUT2D eigenvalue weighted by Gasteiger charge is -2.08. The third kappa shape index (κ3) is 2.76. The zero-order valence-electron chi connectivity index (χ0n) is 9.96. The fourth-order valence-electron chi connectivity index (χ4n) is 1.48. The minimum atomic E-state index is -0.827. The highest BCUT2D eigenvalue weighted by atomic mass is 19.1. The maximum absolute atomic E-state index is 13.6. The number of hydrogen-bond donors (Lipinski definition) is 1. The first-order valence-electron chi connectivity index (χ1n) is 5.31. The van der Waals surface area contributed by atoms with Crippen LogP contribution in [0.1, 0.15) is 5.56 Å². The molecule has 7 heteroatoms. The van der Waals surface area contributed by atoms with E-state index in [9.17, 15) is 14.5 Å². The van der Waals surface area contributed by atoms with E-state index in [1.54, 1.807) is 13.0 Å². The van der Waals surface area contributed by atoms with Gasteiger partial charge >= 0.3 is 0 Å². The van der Waals surface area contributed by atoms with E-state index in [2.05, 4.69) is 4.98 Å². The molecule has 98 valence electrons. The van der Waals surface area contributed by atoms with Crippen molar-refractivity contribution >= 4 is 11.4 Å². The van der Waals surface area contributed by atoms with Crippen LogP contribution in [0.15, 0.2) is 30.5 Å². The van der Waals surface area contributed by atoms with Gasteiger partial charge in [-0.05, 0) is 19.1 Å². The van der Waals surface area contributed by atoms with Crippen LogP contribution in [-0.4, -0.2) is 9.91 Å². The lowest BCUT2D eigenvalue weighted by atomic mass is 10.2. The Bertz CT molecular complexity index is 646. The molecular formula is C12H10FN3O3. The molecule has 2 rings (SSSR count). The van der Waals surface area contributed by atoms with Gasteiger partial charge in [-0.1, -0.05) is 0 Å². The van der Waals surface area contributed by atoms with Crippen molar-refractivity contribution in [2.45, 2.75) is 6.92 Å². The van der Waals surface area contributed by atoms with Gasteiger partial charge < -0.3 is 10.5 Å². The van der Waals surface area contributed by atoms with Gasteiger partial charge in [0, 0.05) is 11.6 Å². The Morgan fingerprint density at radius 2 is 2.16 bits per heavy atom. The van der Waals surface area contributed by atoms with Crippen LogP contribution in [-0.2, 0) is 0 Å². The van der Waals surface area contributed by atoms with E-state index >= 15 is 0 Å². The van der Waals surface area contributed by atoms with E-state index in [0.29, 0.717) is 11.3 Å². The average molecular weight is 263 g/mol. The number of pyridine rings is 1. The summed E-state index contributed by atoms with van der Waals surface area (Å²) in [4.78, 5) is 13.7. The number of ether oxygens (including phenoxy) is 1. The van der Waals surface area contributed by atoms with Crippen molar-refractivity contribution in [3.05, 3.63) is 52.0 Å². The zero-order chi connectivity index (χ0) is 14.0. The predicted molar refractivity (Wildman–Crippen MR) is 66.5 cm³/mol. The Morgan fingerprint density at radius 1 is 1.42 bits per heavy atom. The minimum absolute atomic E-state index is 0.133. The van der Waals surface area contributed by atoms with Gasteiger partial charge in [0.15, 0.2) is 11.6 Å². The van der Waals surface area contributed by atoms with Gasteiger partial charge in [0.1, 0.15) is 0 Å². The van der Waals surface area contributed by atoms with Crippen LogP contribution in [0, 0.1) is 22.9 Å². The molecule has 0 aliphatic carbocycles. The molecule has 0 amide bonds. The molecule has 0 spiro atoms. The molecule has 19 heavy (non-hydrogen) atoms. The normalized spacial score (nSPS) is 10.2. The van der Waals surface area contributed by atoms with Gasteiger partial charge in [-0.15, -0.1) is 0 Å². The Balaban J connectivity index is 2.31. The summed E-state index contributed by atoms with van der Waals surface area (Å²) in [6, 6.07) is 4.77. The minimum Gasteiger partial charge on any atom is -0.436 e. The van der Waals surface area contributed by atoms with Gasteiger partial charge in [0.05, 0.1) is 22.9 Å². The summed E-state index contributed by atoms with van der Waals surface area (Å²) < 4.78 is 18.9. The van der Waals surface area contributed by atoms with Crippen LogP contribution in [0.3, 0.4) is 0 Å². The Kier molecular flexibility index (Phi) is 3.28. The molecular weight excluding hydrogens is 253 g/mol. The van der Waals surface area contributed by atoms with Crippen molar-refractivity contribution in [1.29, 1.82) is 0 Å². The molecule has 0 aliphatic heterocycles. The second kappa shape index (κ2) is 4.89. The SMILES string of the molecule is Cc1cc(N)cnc1Oc1ccc([N+](=O)[O-])cc1F. The number of rotatable bonds is 3. The number of non-ortho nitro benzene ring substituents is 1. The molecule has 0 unspecified atom stereocenters. The molecule has 1 heterocycles. The number of nitro groups is 1. The predicted octanol–water partition coefficient (Wildman–Crippen LogP) is 2.81. The molecule has 0 bridgehead atoms. The number of halogens is 1. The topological polar surface area (TPSA) is 91.3 Å². The summed E-state index contributed by atoms with van der Waals surface area (Å²) in [6.07, 6.45) is 1.38. The maximum Gasteiger partial charge on any atom is 0.272 e. The van der Waals surface area contributed by atoms with Crippen molar-refractivity contribution in [2.24, 2.45) is 0 Å². The van der Waals surface area contributed by atoms with E-state index in [1.807, 2.05) is 0 Å². The lowest BCUT2D eigenvalue weighted by Crippen LogP contribution is -1.96. The van der Waals surface area contributed by atoms with E-state index in [-0.39, 0.29) is 17.3 Å². The first-order valence-corrected chi connectivity index (χ1v) is 5.31. The summed E-state index contributed by atoms with van der Waals surface area (Å²) >= 11 is 0. The number of aryl methyl sites for hydroxylation is 1. The van der Waals surface area contributed by atoms with Crippen LogP contribution in [0.5, 0.6) is 11.6 Å². The summed E-state index contributed by atoms with van der Waals surface area (Å²) in [7, 11) is 0. The number of anilines is 1. The van der Waals surface area contributed by atoms with Crippen molar-refractivity contribution < 1.29 is 14.1 Å². The van der Waals surface area contributed by atoms with Crippen LogP contribution < -0.4 is 10.5 Å². The summed E-state index contributed by atoms with van der Waals surface area (Å²) in [6.45, 7) is 1.71. The largest absolute Gasteiger partial charge is 0.436 e. The fraction of sp³-hybridized carbons (Fsp3) is 0.0833.